The zero-order valence-electron chi connectivity index (χ0n) is 11.6. The van der Waals surface area contributed by atoms with Gasteiger partial charge in [0.25, 0.3) is 0 Å². The summed E-state index contributed by atoms with van der Waals surface area (Å²) in [6, 6.07) is 0. The molecule has 3 unspecified atom stereocenters. The quantitative estimate of drug-likeness (QED) is 0.500. The normalized spacial score (nSPS) is 18.3. The van der Waals surface area contributed by atoms with E-state index in [-0.39, 0.29) is 0 Å². The summed E-state index contributed by atoms with van der Waals surface area (Å²) < 4.78 is 0. The van der Waals surface area contributed by atoms with Crippen LogP contribution in [0.5, 0.6) is 0 Å². The van der Waals surface area contributed by atoms with E-state index in [2.05, 4.69) is 53.7 Å². The van der Waals surface area contributed by atoms with Gasteiger partial charge in [-0.1, -0.05) is 46.8 Å². The van der Waals surface area contributed by atoms with Crippen LogP contribution < -0.4 is 0 Å². The lowest BCUT2D eigenvalue weighted by molar-refractivity contribution is 0.328. The molecule has 0 heterocycles. The van der Waals surface area contributed by atoms with Gasteiger partial charge in [0.05, 0.1) is 0 Å². The van der Waals surface area contributed by atoms with Crippen LogP contribution in [0.15, 0.2) is 12.2 Å². The Bertz CT molecular complexity index is 167. The molecule has 0 aliphatic rings. The van der Waals surface area contributed by atoms with Crippen LogP contribution in [-0.4, -0.2) is 0 Å². The van der Waals surface area contributed by atoms with Crippen LogP contribution in [0, 0.1) is 23.7 Å². The lowest BCUT2D eigenvalue weighted by atomic mass is 9.86. The van der Waals surface area contributed by atoms with Gasteiger partial charge >= 0.3 is 0 Å². The second kappa shape index (κ2) is 7.96. The van der Waals surface area contributed by atoms with Crippen molar-refractivity contribution in [3.05, 3.63) is 12.2 Å². The molecule has 15 heavy (non-hydrogen) atoms. The second-order valence-corrected chi connectivity index (χ2v) is 5.81. The highest BCUT2D eigenvalue weighted by Gasteiger charge is 2.12. The standard InChI is InChI=1S/C15H30/c1-7-8-13(4)10-15(6)11-14(5)9-12(2)3/h7-8,12-15H,9-11H2,1-6H3. The Morgan fingerprint density at radius 2 is 1.33 bits per heavy atom. The van der Waals surface area contributed by atoms with Crippen molar-refractivity contribution in [2.24, 2.45) is 23.7 Å². The Morgan fingerprint density at radius 3 is 1.80 bits per heavy atom. The highest BCUT2D eigenvalue weighted by Crippen LogP contribution is 2.24. The summed E-state index contributed by atoms with van der Waals surface area (Å²) in [5.74, 6) is 3.35. The molecule has 0 aromatic carbocycles. The van der Waals surface area contributed by atoms with Crippen LogP contribution in [0.2, 0.25) is 0 Å². The van der Waals surface area contributed by atoms with Crippen LogP contribution in [0.4, 0.5) is 0 Å². The Labute approximate surface area is 97.2 Å². The van der Waals surface area contributed by atoms with E-state index in [1.54, 1.807) is 0 Å². The number of hydrogen-bond donors (Lipinski definition) is 0. The minimum atomic E-state index is 0.747. The molecule has 0 aromatic heterocycles. The smallest absolute Gasteiger partial charge is 0.0260 e. The van der Waals surface area contributed by atoms with Crippen molar-refractivity contribution in [3.8, 4) is 0 Å². The van der Waals surface area contributed by atoms with Crippen LogP contribution in [0.3, 0.4) is 0 Å². The maximum absolute atomic E-state index is 2.40. The van der Waals surface area contributed by atoms with Crippen molar-refractivity contribution < 1.29 is 0 Å². The van der Waals surface area contributed by atoms with Gasteiger partial charge in [-0.15, -0.1) is 0 Å². The third-order valence-electron chi connectivity index (χ3n) is 2.97. The average molecular weight is 210 g/mol. The van der Waals surface area contributed by atoms with Crippen molar-refractivity contribution in [1.29, 1.82) is 0 Å². The summed E-state index contributed by atoms with van der Waals surface area (Å²) in [6.07, 6.45) is 8.60. The molecule has 0 heteroatoms. The Kier molecular flexibility index (Phi) is 7.82. The summed E-state index contributed by atoms with van der Waals surface area (Å²) in [4.78, 5) is 0. The minimum absolute atomic E-state index is 0.747. The topological polar surface area (TPSA) is 0 Å². The van der Waals surface area contributed by atoms with Gasteiger partial charge in [0, 0.05) is 0 Å². The summed E-state index contributed by atoms with van der Waals surface area (Å²) in [5, 5.41) is 0. The Hall–Kier alpha value is -0.260. The fourth-order valence-corrected chi connectivity index (χ4v) is 2.73. The van der Waals surface area contributed by atoms with Crippen LogP contribution in [0.25, 0.3) is 0 Å². The molecular weight excluding hydrogens is 180 g/mol. The first-order chi connectivity index (χ1) is 6.95. The highest BCUT2D eigenvalue weighted by atomic mass is 14.2. The SMILES string of the molecule is CC=CC(C)CC(C)CC(C)CC(C)C. The van der Waals surface area contributed by atoms with E-state index >= 15 is 0 Å². The number of rotatable bonds is 7. The van der Waals surface area contributed by atoms with Crippen LogP contribution in [0.1, 0.15) is 60.8 Å². The van der Waals surface area contributed by atoms with Gasteiger partial charge in [0.15, 0.2) is 0 Å². The average Bonchev–Trinajstić information content (AvgIpc) is 2.00. The molecule has 0 saturated heterocycles. The van der Waals surface area contributed by atoms with Crippen molar-refractivity contribution in [1.82, 2.24) is 0 Å². The fraction of sp³-hybridized carbons (Fsp3) is 0.867. The van der Waals surface area contributed by atoms with Crippen molar-refractivity contribution >= 4 is 0 Å². The largest absolute Gasteiger partial charge is 0.0914 e. The molecule has 0 rings (SSSR count). The molecule has 0 aliphatic carbocycles. The molecular formula is C15H30. The first-order valence-corrected chi connectivity index (χ1v) is 6.58. The Balaban J connectivity index is 3.77. The molecule has 0 fully saturated rings. The predicted octanol–water partition coefficient (Wildman–Crippen LogP) is 5.30. The summed E-state index contributed by atoms with van der Waals surface area (Å²) in [5.41, 5.74) is 0. The van der Waals surface area contributed by atoms with E-state index in [0.717, 1.165) is 23.7 Å². The van der Waals surface area contributed by atoms with Crippen molar-refractivity contribution in [3.63, 3.8) is 0 Å². The number of allylic oxidation sites excluding steroid dienone is 2. The van der Waals surface area contributed by atoms with Gasteiger partial charge in [-0.05, 0) is 49.9 Å². The fourth-order valence-electron chi connectivity index (χ4n) is 2.73. The zero-order valence-corrected chi connectivity index (χ0v) is 11.6. The van der Waals surface area contributed by atoms with Gasteiger partial charge in [0.2, 0.25) is 0 Å². The summed E-state index contributed by atoms with van der Waals surface area (Å²) in [7, 11) is 0. The van der Waals surface area contributed by atoms with Gasteiger partial charge in [-0.25, -0.2) is 0 Å². The van der Waals surface area contributed by atoms with Gasteiger partial charge < -0.3 is 0 Å². The maximum atomic E-state index is 2.40. The van der Waals surface area contributed by atoms with Crippen LogP contribution >= 0.6 is 0 Å². The molecule has 0 amide bonds. The molecule has 0 aliphatic heterocycles. The van der Waals surface area contributed by atoms with E-state index in [1.807, 2.05) is 0 Å². The zero-order chi connectivity index (χ0) is 11.8. The van der Waals surface area contributed by atoms with Gasteiger partial charge in [-0.2, -0.15) is 0 Å². The minimum Gasteiger partial charge on any atom is -0.0914 e. The van der Waals surface area contributed by atoms with Crippen molar-refractivity contribution in [2.75, 3.05) is 0 Å². The van der Waals surface area contributed by atoms with Gasteiger partial charge in [0.1, 0.15) is 0 Å². The second-order valence-electron chi connectivity index (χ2n) is 5.81. The number of hydrogen-bond acceptors (Lipinski definition) is 0. The molecule has 0 nitrogen and oxygen atoms in total. The Morgan fingerprint density at radius 1 is 0.800 bits per heavy atom. The highest BCUT2D eigenvalue weighted by molar-refractivity contribution is 4.83. The van der Waals surface area contributed by atoms with Crippen LogP contribution in [-0.2, 0) is 0 Å². The van der Waals surface area contributed by atoms with Crippen molar-refractivity contribution in [2.45, 2.75) is 60.8 Å². The van der Waals surface area contributed by atoms with E-state index in [4.69, 9.17) is 0 Å². The molecule has 90 valence electrons. The third kappa shape index (κ3) is 8.72. The molecule has 0 saturated carbocycles. The van der Waals surface area contributed by atoms with Gasteiger partial charge in [-0.3, -0.25) is 0 Å². The summed E-state index contributed by atoms with van der Waals surface area (Å²) >= 11 is 0. The molecule has 0 N–H and O–H groups in total. The van der Waals surface area contributed by atoms with E-state index in [0.29, 0.717) is 0 Å². The molecule has 0 radical (unpaired) electrons. The molecule has 3 atom stereocenters. The van der Waals surface area contributed by atoms with E-state index < -0.39 is 0 Å². The molecule has 0 aromatic rings. The first-order valence-electron chi connectivity index (χ1n) is 6.58. The predicted molar refractivity (Wildman–Crippen MR) is 71.0 cm³/mol. The molecule has 0 bridgehead atoms. The van der Waals surface area contributed by atoms with E-state index in [9.17, 15) is 0 Å². The molecule has 0 spiro atoms. The van der Waals surface area contributed by atoms with E-state index in [1.165, 1.54) is 19.3 Å². The maximum Gasteiger partial charge on any atom is -0.0260 e. The third-order valence-corrected chi connectivity index (χ3v) is 2.97. The first kappa shape index (κ1) is 14.7. The lowest BCUT2D eigenvalue weighted by Gasteiger charge is -2.20. The lowest BCUT2D eigenvalue weighted by Crippen LogP contribution is -2.08. The monoisotopic (exact) mass is 210 g/mol. The summed E-state index contributed by atoms with van der Waals surface area (Å²) in [6.45, 7) is 13.9.